The molecule has 0 saturated heterocycles. The Kier molecular flexibility index (Phi) is 4.23. The Labute approximate surface area is 133 Å². The molecule has 1 N–H and O–H groups in total. The van der Waals surface area contributed by atoms with Crippen LogP contribution in [0.25, 0.3) is 11.1 Å². The average molecular weight is 327 g/mol. The average Bonchev–Trinajstić information content (AvgIpc) is 3.24. The van der Waals surface area contributed by atoms with Crippen molar-refractivity contribution in [2.75, 3.05) is 0 Å². The van der Waals surface area contributed by atoms with E-state index in [4.69, 9.17) is 34.8 Å². The molecule has 0 unspecified atom stereocenters. The molecule has 0 heterocycles. The minimum Gasteiger partial charge on any atom is -0.310 e. The predicted octanol–water partition coefficient (Wildman–Crippen LogP) is 5.57. The molecule has 4 heteroatoms. The standard InChI is InChI=1S/C16H14Cl3N/c17-14-3-1-2-13(16(14)19)12-7-4-10(8-15(12)18)9-20-11-5-6-11/h1-4,7-8,11,20H,5-6,9H2. The van der Waals surface area contributed by atoms with E-state index in [1.54, 1.807) is 6.07 Å². The minimum absolute atomic E-state index is 0.541. The van der Waals surface area contributed by atoms with Crippen LogP contribution in [-0.4, -0.2) is 6.04 Å². The first-order valence-corrected chi connectivity index (χ1v) is 7.75. The second kappa shape index (κ2) is 5.95. The maximum Gasteiger partial charge on any atom is 0.0671 e. The fourth-order valence-electron chi connectivity index (χ4n) is 2.15. The number of hydrogen-bond acceptors (Lipinski definition) is 1. The van der Waals surface area contributed by atoms with E-state index < -0.39 is 0 Å². The molecule has 0 bridgehead atoms. The highest BCUT2D eigenvalue weighted by Gasteiger charge is 2.20. The number of halogens is 3. The third-order valence-corrected chi connectivity index (χ3v) is 4.58. The van der Waals surface area contributed by atoms with Crippen LogP contribution in [0.3, 0.4) is 0 Å². The van der Waals surface area contributed by atoms with Crippen LogP contribution in [0, 0.1) is 0 Å². The summed E-state index contributed by atoms with van der Waals surface area (Å²) in [7, 11) is 0. The van der Waals surface area contributed by atoms with Gasteiger partial charge in [-0.15, -0.1) is 0 Å². The molecular weight excluding hydrogens is 313 g/mol. The number of nitrogens with one attached hydrogen (secondary N) is 1. The molecule has 2 aromatic rings. The Bertz CT molecular complexity index is 636. The van der Waals surface area contributed by atoms with Crippen molar-refractivity contribution in [3.63, 3.8) is 0 Å². The Morgan fingerprint density at radius 3 is 2.45 bits per heavy atom. The molecule has 3 rings (SSSR count). The highest BCUT2D eigenvalue weighted by Crippen LogP contribution is 2.37. The van der Waals surface area contributed by atoms with Crippen molar-refractivity contribution in [1.82, 2.24) is 5.32 Å². The van der Waals surface area contributed by atoms with E-state index in [1.165, 1.54) is 18.4 Å². The van der Waals surface area contributed by atoms with Crippen molar-refractivity contribution in [2.24, 2.45) is 0 Å². The van der Waals surface area contributed by atoms with Gasteiger partial charge in [0.15, 0.2) is 0 Å². The fourth-order valence-corrected chi connectivity index (χ4v) is 2.86. The van der Waals surface area contributed by atoms with Gasteiger partial charge in [-0.3, -0.25) is 0 Å². The molecule has 1 fully saturated rings. The predicted molar refractivity (Wildman–Crippen MR) is 86.8 cm³/mol. The van der Waals surface area contributed by atoms with Crippen LogP contribution < -0.4 is 5.32 Å². The third-order valence-electron chi connectivity index (χ3n) is 3.45. The zero-order valence-electron chi connectivity index (χ0n) is 10.8. The molecule has 0 spiro atoms. The van der Waals surface area contributed by atoms with E-state index >= 15 is 0 Å². The number of rotatable bonds is 4. The van der Waals surface area contributed by atoms with Crippen LogP contribution in [0.2, 0.25) is 15.1 Å². The number of hydrogen-bond donors (Lipinski definition) is 1. The van der Waals surface area contributed by atoms with Crippen LogP contribution >= 0.6 is 34.8 Å². The molecular formula is C16H14Cl3N. The quantitative estimate of drug-likeness (QED) is 0.775. The van der Waals surface area contributed by atoms with Crippen molar-refractivity contribution in [3.8, 4) is 11.1 Å². The van der Waals surface area contributed by atoms with Crippen LogP contribution in [0.4, 0.5) is 0 Å². The first-order valence-electron chi connectivity index (χ1n) is 6.61. The van der Waals surface area contributed by atoms with Gasteiger partial charge in [-0.2, -0.15) is 0 Å². The highest BCUT2D eigenvalue weighted by molar-refractivity contribution is 6.44. The maximum absolute atomic E-state index is 6.39. The summed E-state index contributed by atoms with van der Waals surface area (Å²) in [6, 6.07) is 12.3. The first kappa shape index (κ1) is 14.2. The Balaban J connectivity index is 1.87. The lowest BCUT2D eigenvalue weighted by atomic mass is 10.0. The summed E-state index contributed by atoms with van der Waals surface area (Å²) in [4.78, 5) is 0. The summed E-state index contributed by atoms with van der Waals surface area (Å²) in [5.41, 5.74) is 2.96. The van der Waals surface area contributed by atoms with Gasteiger partial charge in [0.05, 0.1) is 10.0 Å². The van der Waals surface area contributed by atoms with E-state index in [-0.39, 0.29) is 0 Å². The Morgan fingerprint density at radius 1 is 0.950 bits per heavy atom. The van der Waals surface area contributed by atoms with Gasteiger partial charge in [-0.05, 0) is 30.5 Å². The minimum atomic E-state index is 0.541. The SMILES string of the molecule is Clc1cc(CNC2CC2)ccc1-c1cccc(Cl)c1Cl. The molecule has 0 radical (unpaired) electrons. The van der Waals surface area contributed by atoms with Gasteiger partial charge in [-0.25, -0.2) is 0 Å². The zero-order chi connectivity index (χ0) is 14.1. The molecule has 0 aromatic heterocycles. The van der Waals surface area contributed by atoms with Gasteiger partial charge in [0.25, 0.3) is 0 Å². The van der Waals surface area contributed by atoms with Gasteiger partial charge in [0, 0.05) is 28.7 Å². The maximum atomic E-state index is 6.39. The van der Waals surface area contributed by atoms with E-state index in [1.807, 2.05) is 24.3 Å². The molecule has 1 aliphatic carbocycles. The molecule has 1 nitrogen and oxygen atoms in total. The van der Waals surface area contributed by atoms with E-state index in [2.05, 4.69) is 11.4 Å². The molecule has 0 atom stereocenters. The van der Waals surface area contributed by atoms with Gasteiger partial charge in [0.1, 0.15) is 0 Å². The largest absolute Gasteiger partial charge is 0.310 e. The summed E-state index contributed by atoms with van der Waals surface area (Å²) in [5, 5.41) is 5.26. The van der Waals surface area contributed by atoms with E-state index in [9.17, 15) is 0 Å². The second-order valence-electron chi connectivity index (χ2n) is 5.07. The molecule has 0 amide bonds. The summed E-state index contributed by atoms with van der Waals surface area (Å²) >= 11 is 18.7. The van der Waals surface area contributed by atoms with Gasteiger partial charge in [0.2, 0.25) is 0 Å². The lowest BCUT2D eigenvalue weighted by molar-refractivity contribution is 0.688. The first-order chi connectivity index (χ1) is 9.65. The van der Waals surface area contributed by atoms with Crippen LogP contribution in [0.5, 0.6) is 0 Å². The van der Waals surface area contributed by atoms with Crippen LogP contribution in [0.15, 0.2) is 36.4 Å². The molecule has 0 aliphatic heterocycles. The smallest absolute Gasteiger partial charge is 0.0671 e. The van der Waals surface area contributed by atoms with Crippen LogP contribution in [-0.2, 0) is 6.54 Å². The molecule has 1 saturated carbocycles. The topological polar surface area (TPSA) is 12.0 Å². The molecule has 20 heavy (non-hydrogen) atoms. The van der Waals surface area contributed by atoms with E-state index in [0.29, 0.717) is 21.1 Å². The third kappa shape index (κ3) is 3.12. The normalized spacial score (nSPS) is 14.6. The van der Waals surface area contributed by atoms with Gasteiger partial charge < -0.3 is 5.32 Å². The fraction of sp³-hybridized carbons (Fsp3) is 0.250. The Hall–Kier alpha value is -0.730. The van der Waals surface area contributed by atoms with Gasteiger partial charge in [-0.1, -0.05) is 59.1 Å². The van der Waals surface area contributed by atoms with E-state index in [0.717, 1.165) is 17.7 Å². The summed E-state index contributed by atoms with van der Waals surface area (Å²) in [6.07, 6.45) is 2.56. The zero-order valence-corrected chi connectivity index (χ0v) is 13.1. The molecule has 104 valence electrons. The van der Waals surface area contributed by atoms with Crippen molar-refractivity contribution >= 4 is 34.8 Å². The summed E-state index contributed by atoms with van der Waals surface area (Å²) in [5.74, 6) is 0. The van der Waals surface area contributed by atoms with Crippen LogP contribution in [0.1, 0.15) is 18.4 Å². The number of benzene rings is 2. The summed E-state index contributed by atoms with van der Waals surface area (Å²) in [6.45, 7) is 0.855. The molecule has 2 aromatic carbocycles. The van der Waals surface area contributed by atoms with Crippen molar-refractivity contribution in [2.45, 2.75) is 25.4 Å². The second-order valence-corrected chi connectivity index (χ2v) is 6.26. The van der Waals surface area contributed by atoms with Crippen molar-refractivity contribution in [3.05, 3.63) is 57.0 Å². The van der Waals surface area contributed by atoms with Gasteiger partial charge >= 0.3 is 0 Å². The lowest BCUT2D eigenvalue weighted by Crippen LogP contribution is -2.15. The molecule has 1 aliphatic rings. The van der Waals surface area contributed by atoms with Crippen molar-refractivity contribution in [1.29, 1.82) is 0 Å². The summed E-state index contributed by atoms with van der Waals surface area (Å²) < 4.78 is 0. The Morgan fingerprint density at radius 2 is 1.75 bits per heavy atom. The monoisotopic (exact) mass is 325 g/mol. The lowest BCUT2D eigenvalue weighted by Gasteiger charge is -2.10. The highest BCUT2D eigenvalue weighted by atomic mass is 35.5. The van der Waals surface area contributed by atoms with Crippen molar-refractivity contribution < 1.29 is 0 Å².